The molecule has 2 heterocycles. The summed E-state index contributed by atoms with van der Waals surface area (Å²) in [5, 5.41) is 15.5. The first kappa shape index (κ1) is 11.8. The van der Waals surface area contributed by atoms with Crippen molar-refractivity contribution in [2.45, 2.75) is 13.5 Å². The second-order valence-electron chi connectivity index (χ2n) is 3.55. The van der Waals surface area contributed by atoms with Gasteiger partial charge in [-0.05, 0) is 6.07 Å². The predicted octanol–water partition coefficient (Wildman–Crippen LogP) is 0.666. The van der Waals surface area contributed by atoms with Gasteiger partial charge in [0.25, 0.3) is 0 Å². The normalized spacial score (nSPS) is 10.3. The highest BCUT2D eigenvalue weighted by Gasteiger charge is 2.12. The molecule has 2 aromatic heterocycles. The SMILES string of the molecule is Cc1nc(CNc2ncc(N)cc2C(=O)O)no1. The molecule has 2 aromatic rings. The smallest absolute Gasteiger partial charge is 0.339 e. The quantitative estimate of drug-likeness (QED) is 0.721. The molecule has 0 amide bonds. The van der Waals surface area contributed by atoms with Crippen LogP contribution in [0.4, 0.5) is 11.5 Å². The van der Waals surface area contributed by atoms with Gasteiger partial charge < -0.3 is 20.7 Å². The van der Waals surface area contributed by atoms with Gasteiger partial charge in [-0.3, -0.25) is 0 Å². The van der Waals surface area contributed by atoms with Gasteiger partial charge in [-0.2, -0.15) is 4.98 Å². The fourth-order valence-electron chi connectivity index (χ4n) is 1.36. The largest absolute Gasteiger partial charge is 0.478 e. The van der Waals surface area contributed by atoms with Crippen molar-refractivity contribution >= 4 is 17.5 Å². The van der Waals surface area contributed by atoms with E-state index in [1.54, 1.807) is 6.92 Å². The third-order valence-electron chi connectivity index (χ3n) is 2.12. The average Bonchev–Trinajstić information content (AvgIpc) is 2.73. The summed E-state index contributed by atoms with van der Waals surface area (Å²) in [6.07, 6.45) is 1.37. The number of pyridine rings is 1. The Morgan fingerprint density at radius 3 is 3.00 bits per heavy atom. The molecule has 8 nitrogen and oxygen atoms in total. The zero-order chi connectivity index (χ0) is 13.1. The Bertz CT molecular complexity index is 581. The maximum absolute atomic E-state index is 11.0. The van der Waals surface area contributed by atoms with Gasteiger partial charge in [-0.1, -0.05) is 5.16 Å². The molecule has 0 saturated carbocycles. The molecule has 8 heteroatoms. The van der Waals surface area contributed by atoms with E-state index in [9.17, 15) is 4.79 Å². The number of rotatable bonds is 4. The fraction of sp³-hybridized carbons (Fsp3) is 0.200. The van der Waals surface area contributed by atoms with Gasteiger partial charge in [-0.15, -0.1) is 0 Å². The van der Waals surface area contributed by atoms with Crippen molar-refractivity contribution in [1.82, 2.24) is 15.1 Å². The number of hydrogen-bond acceptors (Lipinski definition) is 7. The number of aromatic carboxylic acids is 1. The highest BCUT2D eigenvalue weighted by molar-refractivity contribution is 5.94. The van der Waals surface area contributed by atoms with E-state index in [1.165, 1.54) is 12.3 Å². The fourth-order valence-corrected chi connectivity index (χ4v) is 1.36. The molecular formula is C10H11N5O3. The highest BCUT2D eigenvalue weighted by Crippen LogP contribution is 2.16. The number of carboxylic acids is 1. The topological polar surface area (TPSA) is 127 Å². The van der Waals surface area contributed by atoms with Crippen molar-refractivity contribution in [2.24, 2.45) is 0 Å². The minimum Gasteiger partial charge on any atom is -0.478 e. The van der Waals surface area contributed by atoms with Crippen LogP contribution in [0.2, 0.25) is 0 Å². The lowest BCUT2D eigenvalue weighted by Crippen LogP contribution is -2.09. The number of hydrogen-bond donors (Lipinski definition) is 3. The maximum Gasteiger partial charge on any atom is 0.339 e. The van der Waals surface area contributed by atoms with Gasteiger partial charge in [-0.25, -0.2) is 9.78 Å². The van der Waals surface area contributed by atoms with Crippen LogP contribution < -0.4 is 11.1 Å². The molecule has 4 N–H and O–H groups in total. The van der Waals surface area contributed by atoms with Gasteiger partial charge in [0, 0.05) is 6.92 Å². The molecular weight excluding hydrogens is 238 g/mol. The van der Waals surface area contributed by atoms with Crippen LogP contribution in [-0.2, 0) is 6.54 Å². The molecule has 0 bridgehead atoms. The van der Waals surface area contributed by atoms with Crippen molar-refractivity contribution < 1.29 is 14.4 Å². The number of nitrogen functional groups attached to an aromatic ring is 1. The molecule has 0 radical (unpaired) electrons. The Morgan fingerprint density at radius 2 is 2.39 bits per heavy atom. The van der Waals surface area contributed by atoms with Crippen molar-refractivity contribution in [3.63, 3.8) is 0 Å². The molecule has 94 valence electrons. The zero-order valence-corrected chi connectivity index (χ0v) is 9.54. The van der Waals surface area contributed by atoms with Crippen molar-refractivity contribution in [3.05, 3.63) is 29.5 Å². The number of aryl methyl sites for hydroxylation is 1. The molecule has 0 unspecified atom stereocenters. The predicted molar refractivity (Wildman–Crippen MR) is 62.0 cm³/mol. The summed E-state index contributed by atoms with van der Waals surface area (Å²) >= 11 is 0. The molecule has 0 aliphatic rings. The Hall–Kier alpha value is -2.64. The number of nitrogens with two attached hydrogens (primary N) is 1. The van der Waals surface area contributed by atoms with Crippen LogP contribution in [0.5, 0.6) is 0 Å². The van der Waals surface area contributed by atoms with Gasteiger partial charge in [0.15, 0.2) is 5.82 Å². The van der Waals surface area contributed by atoms with E-state index >= 15 is 0 Å². The van der Waals surface area contributed by atoms with Crippen molar-refractivity contribution in [1.29, 1.82) is 0 Å². The summed E-state index contributed by atoms with van der Waals surface area (Å²) in [6.45, 7) is 1.88. The molecule has 18 heavy (non-hydrogen) atoms. The summed E-state index contributed by atoms with van der Waals surface area (Å²) < 4.78 is 4.79. The van der Waals surface area contributed by atoms with Crippen LogP contribution in [-0.4, -0.2) is 26.2 Å². The molecule has 2 rings (SSSR count). The first-order chi connectivity index (χ1) is 8.56. The Kier molecular flexibility index (Phi) is 3.09. The van der Waals surface area contributed by atoms with Crippen LogP contribution in [0, 0.1) is 6.92 Å². The van der Waals surface area contributed by atoms with Crippen molar-refractivity contribution in [3.8, 4) is 0 Å². The van der Waals surface area contributed by atoms with Crippen LogP contribution >= 0.6 is 0 Å². The standard InChI is InChI=1S/C10H11N5O3/c1-5-14-8(15-18-5)4-13-9-7(10(16)17)2-6(11)3-12-9/h2-3H,4,11H2,1H3,(H,12,13)(H,16,17). The van der Waals surface area contributed by atoms with Crippen LogP contribution in [0.3, 0.4) is 0 Å². The minimum atomic E-state index is -1.11. The van der Waals surface area contributed by atoms with E-state index in [0.717, 1.165) is 0 Å². The number of nitrogens with one attached hydrogen (secondary N) is 1. The van der Waals surface area contributed by atoms with Crippen molar-refractivity contribution in [2.75, 3.05) is 11.1 Å². The third kappa shape index (κ3) is 2.54. The van der Waals surface area contributed by atoms with Gasteiger partial charge in [0.2, 0.25) is 5.89 Å². The lowest BCUT2D eigenvalue weighted by molar-refractivity contribution is 0.0697. The molecule has 0 saturated heterocycles. The minimum absolute atomic E-state index is 0.00443. The molecule has 0 spiro atoms. The number of anilines is 2. The molecule has 0 aliphatic carbocycles. The molecule has 0 atom stereocenters. The second kappa shape index (κ2) is 4.70. The summed E-state index contributed by atoms with van der Waals surface area (Å²) in [5.41, 5.74) is 5.76. The monoisotopic (exact) mass is 249 g/mol. The summed E-state index contributed by atoms with van der Waals surface area (Å²) in [4.78, 5) is 18.9. The lowest BCUT2D eigenvalue weighted by atomic mass is 10.2. The summed E-state index contributed by atoms with van der Waals surface area (Å²) in [6, 6.07) is 1.33. The van der Waals surface area contributed by atoms with Gasteiger partial charge in [0.05, 0.1) is 18.4 Å². The number of aromatic nitrogens is 3. The van der Waals surface area contributed by atoms with E-state index < -0.39 is 5.97 Å². The van der Waals surface area contributed by atoms with Crippen LogP contribution in [0.15, 0.2) is 16.8 Å². The Labute approximate surface area is 102 Å². The summed E-state index contributed by atoms with van der Waals surface area (Å²) in [7, 11) is 0. The highest BCUT2D eigenvalue weighted by atomic mass is 16.5. The van der Waals surface area contributed by atoms with E-state index in [2.05, 4.69) is 20.4 Å². The van der Waals surface area contributed by atoms with E-state index in [-0.39, 0.29) is 23.6 Å². The van der Waals surface area contributed by atoms with Crippen LogP contribution in [0.25, 0.3) is 0 Å². The lowest BCUT2D eigenvalue weighted by Gasteiger charge is -2.06. The molecule has 0 aromatic carbocycles. The zero-order valence-electron chi connectivity index (χ0n) is 9.54. The average molecular weight is 249 g/mol. The number of carboxylic acid groups (broad SMARTS) is 1. The first-order valence-corrected chi connectivity index (χ1v) is 5.08. The first-order valence-electron chi connectivity index (χ1n) is 5.08. The van der Waals surface area contributed by atoms with E-state index in [1.807, 2.05) is 0 Å². The van der Waals surface area contributed by atoms with Gasteiger partial charge in [0.1, 0.15) is 11.4 Å². The molecule has 0 fully saturated rings. The Morgan fingerprint density at radius 1 is 1.61 bits per heavy atom. The third-order valence-corrected chi connectivity index (χ3v) is 2.12. The maximum atomic E-state index is 11.0. The van der Waals surface area contributed by atoms with E-state index in [4.69, 9.17) is 15.4 Å². The summed E-state index contributed by atoms with van der Waals surface area (Å²) in [5.74, 6) is -0.0428. The number of carbonyl (C=O) groups is 1. The Balaban J connectivity index is 2.16. The molecule has 0 aliphatic heterocycles. The number of nitrogens with zero attached hydrogens (tertiary/aromatic N) is 3. The van der Waals surface area contributed by atoms with Crippen LogP contribution in [0.1, 0.15) is 22.1 Å². The second-order valence-corrected chi connectivity index (χ2v) is 3.55. The van der Waals surface area contributed by atoms with E-state index in [0.29, 0.717) is 11.7 Å². The van der Waals surface area contributed by atoms with Gasteiger partial charge >= 0.3 is 5.97 Å².